The molecule has 1 aromatic carbocycles. The molecule has 0 spiro atoms. The van der Waals surface area contributed by atoms with Crippen LogP contribution in [0.1, 0.15) is 26.7 Å². The van der Waals surface area contributed by atoms with Gasteiger partial charge in [-0.2, -0.15) is 0 Å². The molecule has 1 aliphatic rings. The Hall–Kier alpha value is -0.480. The van der Waals surface area contributed by atoms with Crippen LogP contribution in [0.25, 0.3) is 0 Å². The second-order valence-electron chi connectivity index (χ2n) is 6.16. The van der Waals surface area contributed by atoms with Crippen molar-refractivity contribution in [3.63, 3.8) is 0 Å². The van der Waals surface area contributed by atoms with Crippen LogP contribution in [0, 0.1) is 11.3 Å². The summed E-state index contributed by atoms with van der Waals surface area (Å²) in [6.45, 7) is 6.15. The molecule has 1 fully saturated rings. The summed E-state index contributed by atoms with van der Waals surface area (Å²) in [6, 6.07) is 5.19. The normalized spacial score (nSPS) is 17.8. The molecule has 1 aliphatic carbocycles. The molecule has 3 nitrogen and oxygen atoms in total. The van der Waals surface area contributed by atoms with E-state index in [9.17, 15) is 5.11 Å². The SMILES string of the molecule is CC(C)C1(CNCC(O)COc2c(Cl)cccc2Cl)CC1. The molecule has 1 atom stereocenters. The number of nitrogens with one attached hydrogen (secondary N) is 1. The molecule has 0 radical (unpaired) electrons. The van der Waals surface area contributed by atoms with Gasteiger partial charge in [0.05, 0.1) is 10.0 Å². The number of halogens is 2. The van der Waals surface area contributed by atoms with Gasteiger partial charge in [-0.1, -0.05) is 43.1 Å². The predicted molar refractivity (Wildman–Crippen MR) is 87.3 cm³/mol. The molecule has 2 rings (SSSR count). The Bertz CT molecular complexity index is 455. The van der Waals surface area contributed by atoms with Crippen LogP contribution in [-0.4, -0.2) is 30.9 Å². The topological polar surface area (TPSA) is 41.5 Å². The first-order valence-electron chi connectivity index (χ1n) is 7.40. The Balaban J connectivity index is 1.72. The van der Waals surface area contributed by atoms with Crippen LogP contribution in [-0.2, 0) is 0 Å². The van der Waals surface area contributed by atoms with Gasteiger partial charge in [0.25, 0.3) is 0 Å². The highest BCUT2D eigenvalue weighted by Crippen LogP contribution is 2.51. The van der Waals surface area contributed by atoms with Gasteiger partial charge in [0.15, 0.2) is 5.75 Å². The van der Waals surface area contributed by atoms with Crippen molar-refractivity contribution in [2.24, 2.45) is 11.3 Å². The van der Waals surface area contributed by atoms with Crippen molar-refractivity contribution < 1.29 is 9.84 Å². The monoisotopic (exact) mass is 331 g/mol. The third-order valence-corrected chi connectivity index (χ3v) is 4.91. The number of hydrogen-bond acceptors (Lipinski definition) is 3. The highest BCUT2D eigenvalue weighted by atomic mass is 35.5. The van der Waals surface area contributed by atoms with Crippen LogP contribution in [0.5, 0.6) is 5.75 Å². The standard InChI is InChI=1S/C16H23Cl2NO2/c1-11(2)16(6-7-16)10-19-8-12(20)9-21-15-13(17)4-3-5-14(15)18/h3-5,11-12,19-20H,6-10H2,1-2H3. The summed E-state index contributed by atoms with van der Waals surface area (Å²) in [4.78, 5) is 0. The van der Waals surface area contributed by atoms with Crippen LogP contribution < -0.4 is 10.1 Å². The smallest absolute Gasteiger partial charge is 0.156 e. The Morgan fingerprint density at radius 3 is 2.43 bits per heavy atom. The fourth-order valence-electron chi connectivity index (χ4n) is 2.47. The Morgan fingerprint density at radius 2 is 1.90 bits per heavy atom. The molecule has 1 aromatic rings. The van der Waals surface area contributed by atoms with Gasteiger partial charge in [0, 0.05) is 13.1 Å². The van der Waals surface area contributed by atoms with E-state index in [1.54, 1.807) is 18.2 Å². The summed E-state index contributed by atoms with van der Waals surface area (Å²) in [7, 11) is 0. The quantitative estimate of drug-likeness (QED) is 0.762. The molecular weight excluding hydrogens is 309 g/mol. The average Bonchev–Trinajstić information content (AvgIpc) is 3.19. The van der Waals surface area contributed by atoms with E-state index in [2.05, 4.69) is 19.2 Å². The Kier molecular flexibility index (Phi) is 5.78. The number of benzene rings is 1. The van der Waals surface area contributed by atoms with Gasteiger partial charge in [-0.05, 0) is 36.3 Å². The van der Waals surface area contributed by atoms with Crippen molar-refractivity contribution in [1.82, 2.24) is 5.32 Å². The molecular formula is C16H23Cl2NO2. The largest absolute Gasteiger partial charge is 0.488 e. The van der Waals surface area contributed by atoms with Crippen molar-refractivity contribution in [2.45, 2.75) is 32.8 Å². The lowest BCUT2D eigenvalue weighted by Gasteiger charge is -2.21. The zero-order valence-electron chi connectivity index (χ0n) is 12.5. The highest BCUT2D eigenvalue weighted by Gasteiger charge is 2.44. The van der Waals surface area contributed by atoms with E-state index in [-0.39, 0.29) is 6.61 Å². The lowest BCUT2D eigenvalue weighted by atomic mass is 9.92. The number of para-hydroxylation sites is 1. The number of ether oxygens (including phenoxy) is 1. The molecule has 1 saturated carbocycles. The lowest BCUT2D eigenvalue weighted by Crippen LogP contribution is -2.36. The predicted octanol–water partition coefficient (Wildman–Crippen LogP) is 3.76. The fraction of sp³-hybridized carbons (Fsp3) is 0.625. The first-order valence-corrected chi connectivity index (χ1v) is 8.16. The minimum atomic E-state index is -0.583. The van der Waals surface area contributed by atoms with E-state index in [0.29, 0.717) is 33.7 Å². The maximum atomic E-state index is 9.97. The van der Waals surface area contributed by atoms with Crippen molar-refractivity contribution in [3.8, 4) is 5.75 Å². The van der Waals surface area contributed by atoms with Gasteiger partial charge >= 0.3 is 0 Å². The van der Waals surface area contributed by atoms with Crippen LogP contribution in [0.4, 0.5) is 0 Å². The fourth-order valence-corrected chi connectivity index (χ4v) is 2.97. The van der Waals surface area contributed by atoms with Gasteiger partial charge in [0.2, 0.25) is 0 Å². The zero-order chi connectivity index (χ0) is 15.5. The maximum absolute atomic E-state index is 9.97. The summed E-state index contributed by atoms with van der Waals surface area (Å²) in [5.41, 5.74) is 0.437. The van der Waals surface area contributed by atoms with Gasteiger partial charge < -0.3 is 15.2 Å². The molecule has 2 N–H and O–H groups in total. The van der Waals surface area contributed by atoms with Crippen LogP contribution >= 0.6 is 23.2 Å². The second-order valence-corrected chi connectivity index (χ2v) is 6.98. The number of rotatable bonds is 8. The first-order chi connectivity index (χ1) is 9.94. The van der Waals surface area contributed by atoms with E-state index in [4.69, 9.17) is 27.9 Å². The molecule has 0 aromatic heterocycles. The van der Waals surface area contributed by atoms with E-state index in [0.717, 1.165) is 6.54 Å². The van der Waals surface area contributed by atoms with Crippen LogP contribution in [0.3, 0.4) is 0 Å². The average molecular weight is 332 g/mol. The number of aliphatic hydroxyl groups excluding tert-OH is 1. The van der Waals surface area contributed by atoms with Gasteiger partial charge in [-0.3, -0.25) is 0 Å². The molecule has 21 heavy (non-hydrogen) atoms. The highest BCUT2D eigenvalue weighted by molar-refractivity contribution is 6.37. The summed E-state index contributed by atoms with van der Waals surface area (Å²) in [5, 5.41) is 14.2. The molecule has 118 valence electrons. The van der Waals surface area contributed by atoms with Crippen LogP contribution in [0.2, 0.25) is 10.0 Å². The third-order valence-electron chi connectivity index (χ3n) is 4.31. The second kappa shape index (κ2) is 7.19. The molecule has 5 heteroatoms. The molecule has 1 unspecified atom stereocenters. The third kappa shape index (κ3) is 4.49. The van der Waals surface area contributed by atoms with E-state index < -0.39 is 6.10 Å². The minimum Gasteiger partial charge on any atom is -0.488 e. The maximum Gasteiger partial charge on any atom is 0.156 e. The van der Waals surface area contributed by atoms with Crippen molar-refractivity contribution >= 4 is 23.2 Å². The van der Waals surface area contributed by atoms with Gasteiger partial charge in [-0.15, -0.1) is 0 Å². The number of hydrogen-bond donors (Lipinski definition) is 2. The summed E-state index contributed by atoms with van der Waals surface area (Å²) >= 11 is 12.0. The summed E-state index contributed by atoms with van der Waals surface area (Å²) in [6.07, 6.45) is 1.97. The lowest BCUT2D eigenvalue weighted by molar-refractivity contribution is 0.104. The Morgan fingerprint density at radius 1 is 1.29 bits per heavy atom. The van der Waals surface area contributed by atoms with Crippen LogP contribution in [0.15, 0.2) is 18.2 Å². The minimum absolute atomic E-state index is 0.172. The van der Waals surface area contributed by atoms with E-state index in [1.165, 1.54) is 12.8 Å². The Labute approximate surface area is 136 Å². The van der Waals surface area contributed by atoms with Gasteiger partial charge in [-0.25, -0.2) is 0 Å². The first kappa shape index (κ1) is 16.9. The van der Waals surface area contributed by atoms with E-state index in [1.807, 2.05) is 0 Å². The molecule has 0 heterocycles. The van der Waals surface area contributed by atoms with Crippen molar-refractivity contribution in [3.05, 3.63) is 28.2 Å². The van der Waals surface area contributed by atoms with Crippen molar-refractivity contribution in [1.29, 1.82) is 0 Å². The van der Waals surface area contributed by atoms with Crippen molar-refractivity contribution in [2.75, 3.05) is 19.7 Å². The molecule has 0 saturated heterocycles. The zero-order valence-corrected chi connectivity index (χ0v) is 14.0. The summed E-state index contributed by atoms with van der Waals surface area (Å²) < 4.78 is 5.52. The van der Waals surface area contributed by atoms with E-state index >= 15 is 0 Å². The molecule has 0 amide bonds. The molecule has 0 bridgehead atoms. The van der Waals surface area contributed by atoms with Gasteiger partial charge in [0.1, 0.15) is 12.7 Å². The molecule has 0 aliphatic heterocycles. The summed E-state index contributed by atoms with van der Waals surface area (Å²) in [5.74, 6) is 1.11. The number of aliphatic hydroxyl groups is 1.